The van der Waals surface area contributed by atoms with Gasteiger partial charge in [0, 0.05) is 24.1 Å². The van der Waals surface area contributed by atoms with Gasteiger partial charge in [-0.15, -0.1) is 0 Å². The molecule has 6 aromatic rings. The first-order valence-electron chi connectivity index (χ1n) is 16.5. The monoisotopic (exact) mass is 650 g/mol. The molecule has 6 nitrogen and oxygen atoms in total. The highest BCUT2D eigenvalue weighted by Crippen LogP contribution is 2.44. The minimum Gasteiger partial charge on any atom is -0.489 e. The van der Waals surface area contributed by atoms with Crippen molar-refractivity contribution >= 4 is 0 Å². The van der Waals surface area contributed by atoms with Gasteiger partial charge in [0.25, 0.3) is 0 Å². The van der Waals surface area contributed by atoms with Crippen molar-refractivity contribution in [1.82, 2.24) is 0 Å². The largest absolute Gasteiger partial charge is 0.489 e. The van der Waals surface area contributed by atoms with Gasteiger partial charge in [0.2, 0.25) is 0 Å². The maximum atomic E-state index is 11.5. The van der Waals surface area contributed by atoms with E-state index < -0.39 is 12.2 Å². The molecule has 7 rings (SSSR count). The van der Waals surface area contributed by atoms with E-state index in [0.29, 0.717) is 61.6 Å². The number of ether oxygens (including phenoxy) is 5. The number of aliphatic hydroxyl groups is 1. The van der Waals surface area contributed by atoms with Crippen LogP contribution in [0.1, 0.15) is 39.5 Å². The molecule has 0 amide bonds. The van der Waals surface area contributed by atoms with Crippen LogP contribution in [0.4, 0.5) is 0 Å². The summed E-state index contributed by atoms with van der Waals surface area (Å²) < 4.78 is 31.7. The van der Waals surface area contributed by atoms with Crippen LogP contribution >= 0.6 is 0 Å². The van der Waals surface area contributed by atoms with E-state index in [1.807, 2.05) is 152 Å². The number of benzene rings is 6. The van der Waals surface area contributed by atoms with E-state index in [0.717, 1.165) is 33.4 Å². The van der Waals surface area contributed by atoms with Crippen molar-refractivity contribution in [2.45, 2.75) is 45.1 Å². The second-order valence-corrected chi connectivity index (χ2v) is 12.0. The third-order valence-corrected chi connectivity index (χ3v) is 8.41. The van der Waals surface area contributed by atoms with Crippen LogP contribution in [0, 0.1) is 0 Å². The first-order valence-corrected chi connectivity index (χ1v) is 16.5. The fourth-order valence-corrected chi connectivity index (χ4v) is 5.82. The molecule has 1 aliphatic rings. The van der Waals surface area contributed by atoms with Gasteiger partial charge in [0.05, 0.1) is 6.10 Å². The molecule has 49 heavy (non-hydrogen) atoms. The number of hydrogen-bond acceptors (Lipinski definition) is 6. The molecule has 246 valence electrons. The number of hydrogen-bond donors (Lipinski definition) is 1. The van der Waals surface area contributed by atoms with Gasteiger partial charge < -0.3 is 28.8 Å². The smallest absolute Gasteiger partial charge is 0.162 e. The minimum absolute atomic E-state index is 0.343. The van der Waals surface area contributed by atoms with Crippen LogP contribution in [0.5, 0.6) is 28.7 Å². The van der Waals surface area contributed by atoms with Crippen molar-refractivity contribution in [3.63, 3.8) is 0 Å². The van der Waals surface area contributed by atoms with Crippen molar-refractivity contribution in [3.8, 4) is 28.7 Å². The lowest BCUT2D eigenvalue weighted by Gasteiger charge is -2.32. The standard InChI is InChI=1S/C43H38O6/c44-38-26-37-40(47-29-33-17-9-3-10-18-33)24-36(45-27-31-13-5-1-6-14-31)25-41(37)49-43(38)35-21-22-39(46-28-32-15-7-2-8-16-32)42(23-35)48-30-34-19-11-4-12-20-34/h1-25,38,43-44H,26-30H2/t38-,43-/m1/s1. The number of fused-ring (bicyclic) bond motifs is 1. The molecule has 0 unspecified atom stereocenters. The normalized spacial score (nSPS) is 15.0. The zero-order valence-electron chi connectivity index (χ0n) is 27.1. The van der Waals surface area contributed by atoms with E-state index in [-0.39, 0.29) is 0 Å². The van der Waals surface area contributed by atoms with Crippen LogP contribution < -0.4 is 23.7 Å². The molecule has 1 N–H and O–H groups in total. The topological polar surface area (TPSA) is 66.4 Å². The molecule has 0 radical (unpaired) electrons. The average molecular weight is 651 g/mol. The third-order valence-electron chi connectivity index (χ3n) is 8.41. The van der Waals surface area contributed by atoms with E-state index in [4.69, 9.17) is 23.7 Å². The van der Waals surface area contributed by atoms with Crippen LogP contribution in [-0.2, 0) is 32.8 Å². The van der Waals surface area contributed by atoms with E-state index >= 15 is 0 Å². The Balaban J connectivity index is 1.16. The summed E-state index contributed by atoms with van der Waals surface area (Å²) in [5.41, 5.74) is 5.76. The van der Waals surface area contributed by atoms with Crippen molar-refractivity contribution in [2.24, 2.45) is 0 Å². The molecule has 0 spiro atoms. The molecule has 0 aromatic heterocycles. The molecular weight excluding hydrogens is 612 g/mol. The summed E-state index contributed by atoms with van der Waals surface area (Å²) in [5, 5.41) is 11.5. The summed E-state index contributed by atoms with van der Waals surface area (Å²) in [6.45, 7) is 1.54. The minimum atomic E-state index is -0.833. The predicted octanol–water partition coefficient (Wildman–Crippen LogP) is 9.04. The number of aliphatic hydroxyl groups excluding tert-OH is 1. The summed E-state index contributed by atoms with van der Waals surface area (Å²) in [6.07, 6.45) is -1.14. The van der Waals surface area contributed by atoms with Gasteiger partial charge in [-0.25, -0.2) is 0 Å². The lowest BCUT2D eigenvalue weighted by molar-refractivity contribution is 0.0192. The summed E-state index contributed by atoms with van der Waals surface area (Å²) in [5.74, 6) is 3.05. The second-order valence-electron chi connectivity index (χ2n) is 12.0. The summed E-state index contributed by atoms with van der Waals surface area (Å²) in [6, 6.07) is 49.5. The predicted molar refractivity (Wildman–Crippen MR) is 189 cm³/mol. The van der Waals surface area contributed by atoms with Gasteiger partial charge in [-0.3, -0.25) is 0 Å². The van der Waals surface area contributed by atoms with E-state index in [2.05, 4.69) is 0 Å². The highest BCUT2D eigenvalue weighted by Gasteiger charge is 2.33. The lowest BCUT2D eigenvalue weighted by Crippen LogP contribution is -2.30. The summed E-state index contributed by atoms with van der Waals surface area (Å²) >= 11 is 0. The molecule has 6 heteroatoms. The Morgan fingerprint density at radius 1 is 0.490 bits per heavy atom. The van der Waals surface area contributed by atoms with Crippen molar-refractivity contribution < 1.29 is 28.8 Å². The SMILES string of the molecule is O[C@@H]1Cc2c(OCc3ccccc3)cc(OCc3ccccc3)cc2O[C@@H]1c1ccc(OCc2ccccc2)c(OCc2ccccc2)c1. The third kappa shape index (κ3) is 8.23. The van der Waals surface area contributed by atoms with Crippen LogP contribution in [0.25, 0.3) is 0 Å². The first-order chi connectivity index (χ1) is 24.2. The van der Waals surface area contributed by atoms with E-state index in [1.54, 1.807) is 0 Å². The van der Waals surface area contributed by atoms with Crippen LogP contribution in [0.3, 0.4) is 0 Å². The van der Waals surface area contributed by atoms with Crippen LogP contribution in [0.15, 0.2) is 152 Å². The Morgan fingerprint density at radius 2 is 0.959 bits per heavy atom. The lowest BCUT2D eigenvalue weighted by atomic mass is 9.93. The first kappa shape index (κ1) is 31.9. The maximum absolute atomic E-state index is 11.5. The van der Waals surface area contributed by atoms with E-state index in [1.165, 1.54) is 0 Å². The van der Waals surface area contributed by atoms with Crippen molar-refractivity contribution in [2.75, 3.05) is 0 Å². The fraction of sp³-hybridized carbons (Fsp3) is 0.163. The molecule has 6 aromatic carbocycles. The zero-order valence-corrected chi connectivity index (χ0v) is 27.1. The van der Waals surface area contributed by atoms with Gasteiger partial charge in [-0.05, 0) is 39.9 Å². The fourth-order valence-electron chi connectivity index (χ4n) is 5.82. The van der Waals surface area contributed by atoms with Gasteiger partial charge in [-0.2, -0.15) is 0 Å². The Bertz CT molecular complexity index is 1930. The molecular formula is C43H38O6. The molecule has 0 fully saturated rings. The molecule has 0 saturated carbocycles. The molecule has 0 saturated heterocycles. The Morgan fingerprint density at radius 3 is 1.49 bits per heavy atom. The summed E-state index contributed by atoms with van der Waals surface area (Å²) in [7, 11) is 0. The Hall–Kier alpha value is -5.72. The molecule has 1 aliphatic heterocycles. The molecule has 0 bridgehead atoms. The molecule has 0 aliphatic carbocycles. The van der Waals surface area contributed by atoms with E-state index in [9.17, 15) is 5.11 Å². The zero-order chi connectivity index (χ0) is 33.3. The van der Waals surface area contributed by atoms with Crippen LogP contribution in [-0.4, -0.2) is 11.2 Å². The molecule has 2 atom stereocenters. The average Bonchev–Trinajstić information content (AvgIpc) is 3.16. The van der Waals surface area contributed by atoms with Crippen LogP contribution in [0.2, 0.25) is 0 Å². The Kier molecular flexibility index (Phi) is 10.0. The van der Waals surface area contributed by atoms with Crippen molar-refractivity contribution in [3.05, 3.63) is 185 Å². The van der Waals surface area contributed by atoms with Gasteiger partial charge >= 0.3 is 0 Å². The highest BCUT2D eigenvalue weighted by atomic mass is 16.5. The highest BCUT2D eigenvalue weighted by molar-refractivity contribution is 5.53. The number of rotatable bonds is 13. The van der Waals surface area contributed by atoms with Gasteiger partial charge in [0.1, 0.15) is 49.8 Å². The van der Waals surface area contributed by atoms with Gasteiger partial charge in [-0.1, -0.05) is 127 Å². The summed E-state index contributed by atoms with van der Waals surface area (Å²) in [4.78, 5) is 0. The second kappa shape index (κ2) is 15.5. The van der Waals surface area contributed by atoms with Gasteiger partial charge in [0.15, 0.2) is 11.5 Å². The molecule has 1 heterocycles. The quantitative estimate of drug-likeness (QED) is 0.135. The Labute approximate surface area is 287 Å². The maximum Gasteiger partial charge on any atom is 0.162 e. The van der Waals surface area contributed by atoms with Crippen molar-refractivity contribution in [1.29, 1.82) is 0 Å².